The number of pyridine rings is 1. The molecule has 30 nitrogen and oxygen atoms in total. The molecule has 2 aliphatic heterocycles. The summed E-state index contributed by atoms with van der Waals surface area (Å²) in [5, 5.41) is 56.1. The van der Waals surface area contributed by atoms with Gasteiger partial charge in [0.25, 0.3) is 20.1 Å². The third-order valence-corrected chi connectivity index (χ3v) is 25.5. The third kappa shape index (κ3) is 35.4. The minimum Gasteiger partial charge on any atom is -0.508 e. The molecular weight excluding hydrogens is 1990 g/mol. The van der Waals surface area contributed by atoms with E-state index in [1.165, 1.54) is 90.7 Å². The van der Waals surface area contributed by atoms with Crippen molar-refractivity contribution in [1.82, 2.24) is 24.6 Å². The second-order valence-corrected chi connectivity index (χ2v) is 39.1. The summed E-state index contributed by atoms with van der Waals surface area (Å²) >= 11 is 24.5. The number of aromatic hydroxyl groups is 1. The SMILES string of the molecule is CC(C)=CCC/C(C)=C/CC/C(C)=C/CCC1(C)CCc2cc(O)ccc2O1.CCOC(=O)OC[C@H]1O[C@@H](Oc2nn(C(C)C)c(C)c2Cc2ccc(OC(C)C)cc2)[C@H](O)[C@@H](O)[C@@H]1O.COC(=O)N(CC(=O)O)[C@@H](C)c1cc(F)cc(OCc2nc(-c3ccc(OC(F)(F)F)cc3)oc2C)c1.O=S(=O)(Nc1cc(Cl)c(Oc2ccc3ncccc3c2)c(Cl)c1)c1ccc(Cl)cc1Cl.O=S(=O)(O)c1ccccc1. The number of carboxylic acids is 1. The molecule has 1 unspecified atom stereocenters. The molecule has 3 aromatic heterocycles. The van der Waals surface area contributed by atoms with E-state index >= 15 is 0 Å². The van der Waals surface area contributed by atoms with E-state index in [2.05, 4.69) is 82.1 Å². The van der Waals surface area contributed by atoms with Crippen LogP contribution in [0.3, 0.4) is 0 Å². The van der Waals surface area contributed by atoms with E-state index in [0.29, 0.717) is 40.0 Å². The summed E-state index contributed by atoms with van der Waals surface area (Å²) in [5.74, 6) is 1.19. The second-order valence-electron chi connectivity index (χ2n) is 34.3. The number of aliphatic hydroxyl groups is 3. The number of allylic oxidation sites excluding steroid dienone is 6. The van der Waals surface area contributed by atoms with Crippen LogP contribution in [-0.4, -0.2) is 165 Å². The number of halogens is 8. The molecule has 7 atom stereocenters. The molecule has 0 spiro atoms. The summed E-state index contributed by atoms with van der Waals surface area (Å²) in [5.41, 5.74) is 10.0. The Morgan fingerprint density at radius 2 is 1.39 bits per heavy atom. The lowest BCUT2D eigenvalue weighted by molar-refractivity contribution is -0.278. The number of oxazole rings is 1. The van der Waals surface area contributed by atoms with Gasteiger partial charge in [-0.1, -0.05) is 118 Å². The first-order chi connectivity index (χ1) is 67.5. The monoisotopic (exact) mass is 2100 g/mol. The number of alkyl halides is 3. The van der Waals surface area contributed by atoms with Gasteiger partial charge in [-0.15, -0.1) is 18.3 Å². The Kier molecular flexibility index (Phi) is 42.3. The number of hydrogen-bond acceptors (Lipinski definition) is 25. The molecule has 143 heavy (non-hydrogen) atoms. The first-order valence-corrected chi connectivity index (χ1v) is 49.7. The fraction of sp³-hybridized carbons (Fsp3) is 0.359. The van der Waals surface area contributed by atoms with Gasteiger partial charge in [-0.25, -0.2) is 27.4 Å². The number of nitrogens with one attached hydrogen (secondary N) is 1. The average Bonchev–Trinajstić information content (AvgIpc) is 1.78. The number of aryl methyl sites for hydroxylation is 2. The molecule has 1 saturated heterocycles. The first-order valence-electron chi connectivity index (χ1n) is 45.3. The van der Waals surface area contributed by atoms with Crippen molar-refractivity contribution in [3.8, 4) is 57.6 Å². The molecule has 1 fully saturated rings. The van der Waals surface area contributed by atoms with Crippen molar-refractivity contribution in [3.63, 3.8) is 0 Å². The summed E-state index contributed by atoms with van der Waals surface area (Å²) in [6.07, 6.45) is 4.16. The molecule has 5 heterocycles. The van der Waals surface area contributed by atoms with Crippen LogP contribution in [0.2, 0.25) is 20.1 Å². The quantitative estimate of drug-likeness (QED) is 0.00852. The van der Waals surface area contributed by atoms with Gasteiger partial charge in [-0.3, -0.25) is 28.6 Å². The Balaban J connectivity index is 0.000000206. The largest absolute Gasteiger partial charge is 0.573 e. The number of anilines is 1. The van der Waals surface area contributed by atoms with Crippen LogP contribution in [-0.2, 0) is 63.3 Å². The summed E-state index contributed by atoms with van der Waals surface area (Å²) in [4.78, 5) is 44.0. The lowest BCUT2D eigenvalue weighted by Gasteiger charge is -2.39. The Morgan fingerprint density at radius 3 is 2.01 bits per heavy atom. The van der Waals surface area contributed by atoms with Gasteiger partial charge in [0.2, 0.25) is 18.1 Å². The van der Waals surface area contributed by atoms with E-state index in [9.17, 15) is 69.2 Å². The Bertz CT molecular complexity index is 6450. The van der Waals surface area contributed by atoms with Crippen molar-refractivity contribution in [3.05, 3.63) is 282 Å². The molecular formula is C103H116Cl4F4N6O24S2. The summed E-state index contributed by atoms with van der Waals surface area (Å²) in [6, 6.07) is 44.3. The number of phenolic OH excluding ortho intramolecular Hbond substituents is 1. The standard InChI is InChI=1S/C26H38N2O9.C26H38O2.C24H22F4N2O7.C21H12Cl4N2O3S.C6H6O3S/c1-7-33-26(32)34-13-20-21(29)22(30)23(31)25(36-20)37-24-19(16(6)28(27-24)14(2)3)12-17-8-10-18(11-9-17)35-15(4)5;1-20(2)9-6-10-21(3)11-7-12-22(4)13-8-17-26(5)18-16-23-19-24(27)14-15-25(23)28-26;1-13(30(11-21(31)32)23(33)34-3)16-8-17(25)10-19(9-16)35-12-20-14(2)36-22(29-20)15-4-6-18(7-5-15)37-24(26,27)28;22-13-3-6-20(16(23)9-13)31(28,29)27-14-10-17(24)21(18(25)11-14)30-15-4-5-19-12(8-15)2-1-7-26-19;7-10(8,9)6-4-2-1-3-5-6/h8-11,14-15,20-23,25,29-31H,7,12-13H2,1-6H3;9,11,13-15,19,27H,6-8,10,12,16-18H2,1-5H3;4-10,13H,11-12H2,1-3H3,(H,31,32);1-11,27H;1-5H,(H,7,8,9)/b;21-11+,22-13+;;;/t20-,21-,22+,23-,25+;;13-;;/m1.0../s1. The van der Waals surface area contributed by atoms with Crippen molar-refractivity contribution in [1.29, 1.82) is 0 Å². The van der Waals surface area contributed by atoms with Gasteiger partial charge in [0.15, 0.2) is 5.75 Å². The van der Waals surface area contributed by atoms with Crippen molar-refractivity contribution < 1.29 is 131 Å². The predicted octanol–water partition coefficient (Wildman–Crippen LogP) is 24.0. The van der Waals surface area contributed by atoms with Gasteiger partial charge in [-0.2, -0.15) is 8.42 Å². The minimum absolute atomic E-state index is 0.0112. The van der Waals surface area contributed by atoms with Crippen molar-refractivity contribution in [2.75, 3.05) is 31.6 Å². The van der Waals surface area contributed by atoms with Crippen molar-refractivity contribution in [2.45, 2.75) is 225 Å². The zero-order chi connectivity index (χ0) is 105. The third-order valence-electron chi connectivity index (χ3n) is 22.0. The van der Waals surface area contributed by atoms with E-state index in [0.717, 1.165) is 126 Å². The maximum absolute atomic E-state index is 14.3. The molecule has 2 aliphatic rings. The number of hydrogen-bond donors (Lipinski definition) is 7. The van der Waals surface area contributed by atoms with Crippen LogP contribution in [0.15, 0.2) is 231 Å². The van der Waals surface area contributed by atoms with Crippen LogP contribution >= 0.6 is 46.4 Å². The summed E-state index contributed by atoms with van der Waals surface area (Å²) in [7, 11) is -6.90. The van der Waals surface area contributed by atoms with E-state index < -0.39 is 106 Å². The maximum atomic E-state index is 14.3. The Labute approximate surface area is 847 Å². The van der Waals surface area contributed by atoms with E-state index in [4.69, 9.17) is 98.4 Å². The predicted molar refractivity (Wildman–Crippen MR) is 534 cm³/mol. The van der Waals surface area contributed by atoms with Crippen molar-refractivity contribution in [2.24, 2.45) is 0 Å². The number of carbonyl (C=O) groups is 3. The number of amides is 1. The Hall–Kier alpha value is -12.2. The number of sulfonamides is 1. The number of rotatable bonds is 34. The highest BCUT2D eigenvalue weighted by molar-refractivity contribution is 7.92. The number of methoxy groups -OCH3 is 1. The molecule has 8 aromatic carbocycles. The lowest BCUT2D eigenvalue weighted by Crippen LogP contribution is -2.60. The molecule has 13 rings (SSSR count). The summed E-state index contributed by atoms with van der Waals surface area (Å²) < 4.78 is 169. The topological polar surface area (TPSA) is 405 Å². The maximum Gasteiger partial charge on any atom is 0.573 e. The molecule has 0 saturated carbocycles. The number of fused-ring (bicyclic) bond motifs is 2. The number of aromatic nitrogens is 4. The van der Waals surface area contributed by atoms with E-state index in [1.54, 1.807) is 56.4 Å². The van der Waals surface area contributed by atoms with Gasteiger partial charge in [-0.05, 0) is 292 Å². The number of aliphatic carboxylic acids is 1. The van der Waals surface area contributed by atoms with E-state index in [-0.39, 0.29) is 90.3 Å². The highest BCUT2D eigenvalue weighted by atomic mass is 35.5. The van der Waals surface area contributed by atoms with Gasteiger partial charge < -0.3 is 77.3 Å². The molecule has 0 radical (unpaired) electrons. The zero-order valence-electron chi connectivity index (χ0n) is 81.0. The number of nitrogens with zero attached hydrogens (tertiary/aromatic N) is 5. The Morgan fingerprint density at radius 1 is 0.734 bits per heavy atom. The highest BCUT2D eigenvalue weighted by Gasteiger charge is 2.47. The van der Waals surface area contributed by atoms with Crippen LogP contribution < -0.4 is 33.1 Å². The molecule has 1 amide bonds. The summed E-state index contributed by atoms with van der Waals surface area (Å²) in [6.45, 7) is 24.5. The normalized spacial score (nSPS) is 16.4. The number of carboxylic acid groups (broad SMARTS) is 1. The van der Waals surface area contributed by atoms with Gasteiger partial charge in [0, 0.05) is 52.0 Å². The van der Waals surface area contributed by atoms with Gasteiger partial charge in [0.05, 0.1) is 57.0 Å². The molecule has 11 aromatic rings. The second kappa shape index (κ2) is 52.9. The minimum atomic E-state index is -4.81. The number of benzene rings is 8. The fourth-order valence-corrected chi connectivity index (χ4v) is 17.5. The number of ether oxygens (including phenoxy) is 10. The smallest absolute Gasteiger partial charge is 0.508 e. The van der Waals surface area contributed by atoms with Crippen molar-refractivity contribution >= 4 is 101 Å². The lowest BCUT2D eigenvalue weighted by atomic mass is 9.88. The fourth-order valence-electron chi connectivity index (χ4n) is 14.6. The zero-order valence-corrected chi connectivity index (χ0v) is 85.6. The average molecular weight is 2100 g/mol. The molecule has 770 valence electrons. The molecule has 7 N–H and O–H groups in total. The molecule has 0 aliphatic carbocycles. The number of phenols is 1. The first kappa shape index (κ1) is 114. The number of aliphatic hydroxyl groups excluding tert-OH is 3. The van der Waals surface area contributed by atoms with Crippen LogP contribution in [0.25, 0.3) is 22.4 Å². The van der Waals surface area contributed by atoms with E-state index in [1.807, 2.05) is 93.9 Å². The van der Waals surface area contributed by atoms with Crippen LogP contribution in [0.4, 0.5) is 32.8 Å². The van der Waals surface area contributed by atoms with Crippen LogP contribution in [0.1, 0.15) is 173 Å². The highest BCUT2D eigenvalue weighted by Crippen LogP contribution is 2.43. The van der Waals surface area contributed by atoms with Gasteiger partial charge in [0.1, 0.15) is 106 Å². The van der Waals surface area contributed by atoms with Crippen LogP contribution in [0.5, 0.6) is 46.1 Å². The molecule has 0 bridgehead atoms. The van der Waals surface area contributed by atoms with Crippen LogP contribution in [0, 0.1) is 19.7 Å². The number of carbonyl (C=O) groups excluding carboxylic acids is 2. The van der Waals surface area contributed by atoms with Gasteiger partial charge >= 0.3 is 24.6 Å². The molecule has 40 heteroatoms.